The Balaban J connectivity index is -0.000000529. The van der Waals surface area contributed by atoms with Gasteiger partial charge in [0.05, 0.1) is 0 Å². The standard InChI is InChI=1S/C21H28S.5FH/c1-2-3-4-5-7-10-19-13-15-20(16-14-19)17-18-22-21-11-8-6-9-12-21;;;;;/h6,8-9,11-16H,2-5,7,10,17-18H2,1H3;5*1H. The minimum atomic E-state index is 0. The monoisotopic (exact) mass is 412 g/mol. The Morgan fingerprint density at radius 3 is 1.67 bits per heavy atom. The van der Waals surface area contributed by atoms with Crippen LogP contribution >= 0.6 is 11.8 Å². The molecule has 158 valence electrons. The van der Waals surface area contributed by atoms with Gasteiger partial charge in [0.1, 0.15) is 0 Å². The first kappa shape index (κ1) is 33.1. The van der Waals surface area contributed by atoms with Crippen molar-refractivity contribution in [2.24, 2.45) is 0 Å². The lowest BCUT2D eigenvalue weighted by Crippen LogP contribution is -1.91. The first-order chi connectivity index (χ1) is 10.9. The summed E-state index contributed by atoms with van der Waals surface area (Å²) in [5.41, 5.74) is 2.95. The van der Waals surface area contributed by atoms with Crippen molar-refractivity contribution in [3.63, 3.8) is 0 Å². The molecule has 0 N–H and O–H groups in total. The third kappa shape index (κ3) is 14.2. The molecule has 2 aromatic carbocycles. The molecule has 2 aromatic rings. The van der Waals surface area contributed by atoms with Gasteiger partial charge >= 0.3 is 0 Å². The smallest absolute Gasteiger partial charge is 0.00720 e. The summed E-state index contributed by atoms with van der Waals surface area (Å²) in [6.07, 6.45) is 9.21. The topological polar surface area (TPSA) is 0 Å². The average Bonchev–Trinajstić information content (AvgIpc) is 2.57. The Morgan fingerprint density at radius 2 is 1.11 bits per heavy atom. The van der Waals surface area contributed by atoms with Crippen molar-refractivity contribution in [1.29, 1.82) is 0 Å². The number of hydrogen-bond donors (Lipinski definition) is 0. The molecule has 0 atom stereocenters. The first-order valence-corrected chi connectivity index (χ1v) is 9.62. The summed E-state index contributed by atoms with van der Waals surface area (Å²) in [4.78, 5) is 1.37. The van der Waals surface area contributed by atoms with Crippen molar-refractivity contribution in [1.82, 2.24) is 0 Å². The highest BCUT2D eigenvalue weighted by atomic mass is 32.2. The van der Waals surface area contributed by atoms with E-state index in [0.29, 0.717) is 0 Å². The van der Waals surface area contributed by atoms with Crippen molar-refractivity contribution in [3.8, 4) is 0 Å². The summed E-state index contributed by atoms with van der Waals surface area (Å²) in [6, 6.07) is 19.9. The fraction of sp³-hybridized carbons (Fsp3) is 0.429. The molecule has 6 heteroatoms. The van der Waals surface area contributed by atoms with E-state index in [9.17, 15) is 0 Å². The fourth-order valence-electron chi connectivity index (χ4n) is 2.61. The van der Waals surface area contributed by atoms with Gasteiger partial charge in [0, 0.05) is 10.6 Å². The second-order valence-corrected chi connectivity index (χ2v) is 7.06. The minimum Gasteiger partial charge on any atom is -0.269 e. The summed E-state index contributed by atoms with van der Waals surface area (Å²) >= 11 is 1.94. The van der Waals surface area contributed by atoms with Crippen LogP contribution in [0.3, 0.4) is 0 Å². The zero-order valence-electron chi connectivity index (χ0n) is 15.8. The Morgan fingerprint density at radius 1 is 0.593 bits per heavy atom. The average molecular weight is 413 g/mol. The number of halogens is 5. The van der Waals surface area contributed by atoms with Crippen LogP contribution in [0.4, 0.5) is 23.5 Å². The molecule has 0 spiro atoms. The molecule has 27 heavy (non-hydrogen) atoms. The Hall–Kier alpha value is -1.56. The lowest BCUT2D eigenvalue weighted by molar-refractivity contribution is 0.632. The molecule has 0 unspecified atom stereocenters. The van der Waals surface area contributed by atoms with Crippen LogP contribution in [0.2, 0.25) is 0 Å². The highest BCUT2D eigenvalue weighted by Gasteiger charge is 1.98. The lowest BCUT2D eigenvalue weighted by Gasteiger charge is -2.05. The molecular formula is C21H33F5S. The summed E-state index contributed by atoms with van der Waals surface area (Å²) in [5.74, 6) is 1.15. The van der Waals surface area contributed by atoms with Crippen molar-refractivity contribution in [3.05, 3.63) is 65.7 Å². The normalized spacial score (nSPS) is 8.78. The quantitative estimate of drug-likeness (QED) is 0.224. The third-order valence-electron chi connectivity index (χ3n) is 3.99. The highest BCUT2D eigenvalue weighted by molar-refractivity contribution is 7.99. The Bertz CT molecular complexity index is 520. The van der Waals surface area contributed by atoms with Gasteiger partial charge in [-0.25, -0.2) is 0 Å². The van der Waals surface area contributed by atoms with Crippen LogP contribution in [0.25, 0.3) is 0 Å². The van der Waals surface area contributed by atoms with Crippen LogP contribution in [0.5, 0.6) is 0 Å². The van der Waals surface area contributed by atoms with Crippen LogP contribution in [0.15, 0.2) is 59.5 Å². The zero-order chi connectivity index (χ0) is 15.5. The van der Waals surface area contributed by atoms with Gasteiger partial charge in [0.15, 0.2) is 0 Å². The lowest BCUT2D eigenvalue weighted by atomic mass is 10.0. The van der Waals surface area contributed by atoms with Crippen molar-refractivity contribution in [2.75, 3.05) is 5.75 Å². The molecule has 0 fully saturated rings. The minimum absolute atomic E-state index is 0. The number of benzene rings is 2. The molecule has 0 aromatic heterocycles. The largest absolute Gasteiger partial charge is 0.269 e. The summed E-state index contributed by atoms with van der Waals surface area (Å²) in [6.45, 7) is 2.27. The molecule has 0 bridgehead atoms. The third-order valence-corrected chi connectivity index (χ3v) is 5.01. The Kier molecular flexibility index (Phi) is 25.4. The molecule has 0 heterocycles. The second-order valence-electron chi connectivity index (χ2n) is 5.89. The van der Waals surface area contributed by atoms with Crippen LogP contribution in [0, 0.1) is 0 Å². The van der Waals surface area contributed by atoms with E-state index < -0.39 is 0 Å². The summed E-state index contributed by atoms with van der Waals surface area (Å²) < 4.78 is 0. The van der Waals surface area contributed by atoms with Crippen molar-refractivity contribution in [2.45, 2.75) is 56.8 Å². The van der Waals surface area contributed by atoms with Crippen LogP contribution in [0.1, 0.15) is 50.2 Å². The fourth-order valence-corrected chi connectivity index (χ4v) is 3.53. The van der Waals surface area contributed by atoms with Gasteiger partial charge in [-0.05, 0) is 42.5 Å². The van der Waals surface area contributed by atoms with E-state index in [0.717, 1.165) is 12.2 Å². The molecular weight excluding hydrogens is 379 g/mol. The highest BCUT2D eigenvalue weighted by Crippen LogP contribution is 2.19. The van der Waals surface area contributed by atoms with Gasteiger partial charge in [-0.1, -0.05) is 75.1 Å². The van der Waals surface area contributed by atoms with E-state index in [1.54, 1.807) is 0 Å². The van der Waals surface area contributed by atoms with Gasteiger partial charge in [0.25, 0.3) is 0 Å². The number of unbranched alkanes of at least 4 members (excludes halogenated alkanes) is 4. The molecule has 0 aliphatic rings. The van der Waals surface area contributed by atoms with Crippen LogP contribution in [-0.4, -0.2) is 5.75 Å². The predicted molar refractivity (Wildman–Crippen MR) is 112 cm³/mol. The molecule has 0 amide bonds. The van der Waals surface area contributed by atoms with E-state index in [4.69, 9.17) is 0 Å². The second kappa shape index (κ2) is 20.7. The summed E-state index contributed by atoms with van der Waals surface area (Å²) in [7, 11) is 0. The van der Waals surface area contributed by atoms with Gasteiger partial charge in [-0.15, -0.1) is 11.8 Å². The SMILES string of the molecule is CCCCCCCc1ccc(CCSc2ccccc2)cc1.F.F.F.F.F. The van der Waals surface area contributed by atoms with E-state index in [2.05, 4.69) is 61.5 Å². The molecule has 0 saturated heterocycles. The molecule has 2 rings (SSSR count). The van der Waals surface area contributed by atoms with E-state index >= 15 is 0 Å². The maximum absolute atomic E-state index is 2.32. The zero-order valence-corrected chi connectivity index (χ0v) is 16.6. The predicted octanol–water partition coefficient (Wildman–Crippen LogP) is 7.30. The number of thioether (sulfide) groups is 1. The van der Waals surface area contributed by atoms with E-state index in [1.807, 2.05) is 11.8 Å². The summed E-state index contributed by atoms with van der Waals surface area (Å²) in [5, 5.41) is 0. The number of hydrogen-bond acceptors (Lipinski definition) is 1. The maximum Gasteiger partial charge on any atom is 0.00720 e. The van der Waals surface area contributed by atoms with E-state index in [1.165, 1.54) is 54.5 Å². The Labute approximate surface area is 164 Å². The molecule has 0 nitrogen and oxygen atoms in total. The van der Waals surface area contributed by atoms with Crippen molar-refractivity contribution >= 4 is 11.8 Å². The van der Waals surface area contributed by atoms with Gasteiger partial charge < -0.3 is 0 Å². The van der Waals surface area contributed by atoms with Crippen LogP contribution in [-0.2, 0) is 12.8 Å². The van der Waals surface area contributed by atoms with Gasteiger partial charge in [0.2, 0.25) is 0 Å². The van der Waals surface area contributed by atoms with Gasteiger partial charge in [-0.3, -0.25) is 23.5 Å². The molecule has 0 aliphatic heterocycles. The molecule has 0 radical (unpaired) electrons. The number of rotatable bonds is 10. The molecule has 0 aliphatic carbocycles. The van der Waals surface area contributed by atoms with Crippen LogP contribution < -0.4 is 0 Å². The van der Waals surface area contributed by atoms with E-state index in [-0.39, 0.29) is 23.5 Å². The van der Waals surface area contributed by atoms with Gasteiger partial charge in [-0.2, -0.15) is 0 Å². The van der Waals surface area contributed by atoms with Crippen molar-refractivity contribution < 1.29 is 23.5 Å². The maximum atomic E-state index is 2.32. The first-order valence-electron chi connectivity index (χ1n) is 8.64. The number of aryl methyl sites for hydroxylation is 2. The molecule has 0 saturated carbocycles.